The molecule has 1 heterocycles. The first-order valence-corrected chi connectivity index (χ1v) is 4.93. The zero-order valence-electron chi connectivity index (χ0n) is 9.59. The minimum absolute atomic E-state index is 0.0105. The first-order chi connectivity index (χ1) is 6.93. The minimum atomic E-state index is -0.163. The summed E-state index contributed by atoms with van der Waals surface area (Å²) in [5.74, 6) is 0.396. The molecule has 0 aromatic carbocycles. The highest BCUT2D eigenvalue weighted by molar-refractivity contribution is 5.98. The standard InChI is InChI=1S/C11H17N3O/c1-5-6-10(15)12-9-7-8(13-14-9)11(2,3)4/h5-7H,1-4H3,(H2,12,13,14,15)/b6-5+. The van der Waals surface area contributed by atoms with Crippen molar-refractivity contribution in [2.45, 2.75) is 33.1 Å². The SMILES string of the molecule is C/C=C/C(=O)Nc1cc(C(C)(C)C)[nH]n1. The van der Waals surface area contributed by atoms with Gasteiger partial charge in [-0.15, -0.1) is 0 Å². The van der Waals surface area contributed by atoms with E-state index in [4.69, 9.17) is 0 Å². The van der Waals surface area contributed by atoms with Gasteiger partial charge in [0.25, 0.3) is 0 Å². The van der Waals surface area contributed by atoms with Crippen molar-refractivity contribution in [2.24, 2.45) is 0 Å². The lowest BCUT2D eigenvalue weighted by Crippen LogP contribution is -2.11. The molecular weight excluding hydrogens is 190 g/mol. The molecule has 0 bridgehead atoms. The molecule has 1 aromatic heterocycles. The monoisotopic (exact) mass is 207 g/mol. The van der Waals surface area contributed by atoms with Gasteiger partial charge >= 0.3 is 0 Å². The molecular formula is C11H17N3O. The Balaban J connectivity index is 2.73. The van der Waals surface area contributed by atoms with Crippen LogP contribution in [-0.2, 0) is 10.2 Å². The number of carbonyl (C=O) groups is 1. The van der Waals surface area contributed by atoms with Crippen LogP contribution in [0.2, 0.25) is 0 Å². The summed E-state index contributed by atoms with van der Waals surface area (Å²) in [6.07, 6.45) is 3.15. The van der Waals surface area contributed by atoms with Crippen molar-refractivity contribution in [1.82, 2.24) is 10.2 Å². The first kappa shape index (κ1) is 11.5. The van der Waals surface area contributed by atoms with Crippen molar-refractivity contribution in [3.8, 4) is 0 Å². The van der Waals surface area contributed by atoms with Crippen LogP contribution in [0, 0.1) is 0 Å². The van der Waals surface area contributed by atoms with Crippen molar-refractivity contribution in [3.05, 3.63) is 23.9 Å². The Hall–Kier alpha value is -1.58. The molecule has 4 heteroatoms. The fraction of sp³-hybridized carbons (Fsp3) is 0.455. The van der Waals surface area contributed by atoms with E-state index in [2.05, 4.69) is 36.3 Å². The number of nitrogens with zero attached hydrogens (tertiary/aromatic N) is 1. The van der Waals surface area contributed by atoms with Gasteiger partial charge in [0.2, 0.25) is 5.91 Å². The average molecular weight is 207 g/mol. The van der Waals surface area contributed by atoms with E-state index >= 15 is 0 Å². The second kappa shape index (κ2) is 4.29. The van der Waals surface area contributed by atoms with Gasteiger partial charge in [-0.25, -0.2) is 0 Å². The number of H-pyrrole nitrogens is 1. The molecule has 82 valence electrons. The molecule has 1 amide bonds. The number of carbonyl (C=O) groups excluding carboxylic acids is 1. The lowest BCUT2D eigenvalue weighted by atomic mass is 9.92. The number of anilines is 1. The summed E-state index contributed by atoms with van der Waals surface area (Å²) in [6, 6.07) is 1.85. The predicted molar refractivity (Wildman–Crippen MR) is 60.7 cm³/mol. The molecule has 0 radical (unpaired) electrons. The van der Waals surface area contributed by atoms with Gasteiger partial charge in [-0.1, -0.05) is 26.8 Å². The second-order valence-electron chi connectivity index (χ2n) is 4.41. The molecule has 2 N–H and O–H groups in total. The number of nitrogens with one attached hydrogen (secondary N) is 2. The van der Waals surface area contributed by atoms with Crippen molar-refractivity contribution in [3.63, 3.8) is 0 Å². The van der Waals surface area contributed by atoms with Crippen LogP contribution in [0.1, 0.15) is 33.4 Å². The summed E-state index contributed by atoms with van der Waals surface area (Å²) in [5.41, 5.74) is 1.01. The highest BCUT2D eigenvalue weighted by Gasteiger charge is 2.16. The van der Waals surface area contributed by atoms with E-state index in [0.29, 0.717) is 5.82 Å². The molecule has 0 aliphatic heterocycles. The zero-order chi connectivity index (χ0) is 11.5. The van der Waals surface area contributed by atoms with E-state index in [1.165, 1.54) is 6.08 Å². The van der Waals surface area contributed by atoms with Crippen LogP contribution >= 0.6 is 0 Å². The third-order valence-electron chi connectivity index (χ3n) is 1.96. The molecule has 0 aliphatic rings. The van der Waals surface area contributed by atoms with Gasteiger partial charge in [-0.3, -0.25) is 9.89 Å². The van der Waals surface area contributed by atoms with Crippen LogP contribution in [0.4, 0.5) is 5.82 Å². The van der Waals surface area contributed by atoms with E-state index in [0.717, 1.165) is 5.69 Å². The molecule has 0 fully saturated rings. The minimum Gasteiger partial charge on any atom is -0.306 e. The molecule has 15 heavy (non-hydrogen) atoms. The van der Waals surface area contributed by atoms with Crippen LogP contribution in [0.5, 0.6) is 0 Å². The van der Waals surface area contributed by atoms with Crippen LogP contribution in [0.25, 0.3) is 0 Å². The summed E-state index contributed by atoms with van der Waals surface area (Å²) in [5, 5.41) is 9.59. The maximum atomic E-state index is 11.2. The van der Waals surface area contributed by atoms with Crippen molar-refractivity contribution >= 4 is 11.7 Å². The summed E-state index contributed by atoms with van der Waals surface area (Å²) >= 11 is 0. The Morgan fingerprint density at radius 1 is 1.53 bits per heavy atom. The lowest BCUT2D eigenvalue weighted by molar-refractivity contribution is -0.111. The van der Waals surface area contributed by atoms with Gasteiger partial charge in [-0.2, -0.15) is 5.10 Å². The first-order valence-electron chi connectivity index (χ1n) is 4.93. The summed E-state index contributed by atoms with van der Waals surface area (Å²) in [4.78, 5) is 11.2. The lowest BCUT2D eigenvalue weighted by Gasteiger charge is -2.14. The van der Waals surface area contributed by atoms with Gasteiger partial charge in [-0.05, 0) is 13.0 Å². The van der Waals surface area contributed by atoms with Crippen molar-refractivity contribution in [1.29, 1.82) is 0 Å². The number of rotatable bonds is 2. The Morgan fingerprint density at radius 2 is 2.20 bits per heavy atom. The Labute approximate surface area is 89.8 Å². The van der Waals surface area contributed by atoms with Crippen LogP contribution < -0.4 is 5.32 Å². The van der Waals surface area contributed by atoms with Crippen LogP contribution in [-0.4, -0.2) is 16.1 Å². The largest absolute Gasteiger partial charge is 0.306 e. The van der Waals surface area contributed by atoms with E-state index in [9.17, 15) is 4.79 Å². The highest BCUT2D eigenvalue weighted by atomic mass is 16.1. The predicted octanol–water partition coefficient (Wildman–Crippen LogP) is 2.22. The number of aromatic amines is 1. The smallest absolute Gasteiger partial charge is 0.249 e. The van der Waals surface area contributed by atoms with Gasteiger partial charge in [0, 0.05) is 17.2 Å². The van der Waals surface area contributed by atoms with Crippen molar-refractivity contribution < 1.29 is 4.79 Å². The molecule has 0 saturated carbocycles. The summed E-state index contributed by atoms with van der Waals surface area (Å²) < 4.78 is 0. The maximum absolute atomic E-state index is 11.2. The van der Waals surface area contributed by atoms with Gasteiger partial charge < -0.3 is 5.32 Å². The van der Waals surface area contributed by atoms with Crippen LogP contribution in [0.3, 0.4) is 0 Å². The highest BCUT2D eigenvalue weighted by Crippen LogP contribution is 2.21. The van der Waals surface area contributed by atoms with E-state index in [1.807, 2.05) is 6.07 Å². The van der Waals surface area contributed by atoms with Gasteiger partial charge in [0.15, 0.2) is 5.82 Å². The maximum Gasteiger partial charge on any atom is 0.249 e. The van der Waals surface area contributed by atoms with Crippen LogP contribution in [0.15, 0.2) is 18.2 Å². The second-order valence-corrected chi connectivity index (χ2v) is 4.41. The molecule has 4 nitrogen and oxygen atoms in total. The molecule has 0 aliphatic carbocycles. The number of hydrogen-bond acceptors (Lipinski definition) is 2. The third kappa shape index (κ3) is 3.23. The normalized spacial score (nSPS) is 12.0. The van der Waals surface area contributed by atoms with E-state index < -0.39 is 0 Å². The Morgan fingerprint density at radius 3 is 2.67 bits per heavy atom. The molecule has 0 atom stereocenters. The summed E-state index contributed by atoms with van der Waals surface area (Å²) in [6.45, 7) is 8.04. The molecule has 0 spiro atoms. The molecule has 0 unspecified atom stereocenters. The number of aromatic nitrogens is 2. The zero-order valence-corrected chi connectivity index (χ0v) is 9.59. The molecule has 1 rings (SSSR count). The topological polar surface area (TPSA) is 57.8 Å². The van der Waals surface area contributed by atoms with E-state index in [1.54, 1.807) is 13.0 Å². The Kier molecular flexibility index (Phi) is 3.29. The number of amides is 1. The van der Waals surface area contributed by atoms with Gasteiger partial charge in [0.1, 0.15) is 0 Å². The number of hydrogen-bond donors (Lipinski definition) is 2. The van der Waals surface area contributed by atoms with Gasteiger partial charge in [0.05, 0.1) is 0 Å². The fourth-order valence-electron chi connectivity index (χ4n) is 1.09. The fourth-order valence-corrected chi connectivity index (χ4v) is 1.09. The molecule has 1 aromatic rings. The number of allylic oxidation sites excluding steroid dienone is 1. The summed E-state index contributed by atoms with van der Waals surface area (Å²) in [7, 11) is 0. The van der Waals surface area contributed by atoms with E-state index in [-0.39, 0.29) is 11.3 Å². The quantitative estimate of drug-likeness (QED) is 0.730. The Bertz CT molecular complexity index is 371. The average Bonchev–Trinajstić information content (AvgIpc) is 2.52. The third-order valence-corrected chi connectivity index (χ3v) is 1.96. The van der Waals surface area contributed by atoms with Crippen molar-refractivity contribution in [2.75, 3.05) is 5.32 Å². The molecule has 0 saturated heterocycles.